The lowest BCUT2D eigenvalue weighted by Crippen LogP contribution is -2.29. The van der Waals surface area contributed by atoms with E-state index in [2.05, 4.69) is 23.2 Å². The van der Waals surface area contributed by atoms with E-state index in [4.69, 9.17) is 4.98 Å². The average Bonchev–Trinajstić information content (AvgIpc) is 3.38. The molecule has 5 rings (SSSR count). The molecule has 0 aliphatic carbocycles. The Bertz CT molecular complexity index is 1230. The first kappa shape index (κ1) is 22.7. The van der Waals surface area contributed by atoms with Crippen molar-refractivity contribution in [1.82, 2.24) is 9.88 Å². The van der Waals surface area contributed by atoms with E-state index in [1.165, 1.54) is 15.1 Å². The fraction of sp³-hybridized carbons (Fsp3) is 0.200. The number of carbonyl (C=O) groups is 1. The molecule has 0 unspecified atom stereocenters. The fourth-order valence-electron chi connectivity index (χ4n) is 3.91. The second-order valence-corrected chi connectivity index (χ2v) is 9.68. The molecule has 1 aliphatic heterocycles. The van der Waals surface area contributed by atoms with Gasteiger partial charge in [-0.1, -0.05) is 49.4 Å². The van der Waals surface area contributed by atoms with E-state index in [9.17, 15) is 4.79 Å². The molecular weight excluding hydrogens is 458 g/mol. The highest BCUT2D eigenvalue weighted by atomic mass is 35.5. The molecule has 0 saturated heterocycles. The Hall–Kier alpha value is -2.51. The number of aromatic nitrogens is 1. The van der Waals surface area contributed by atoms with Gasteiger partial charge < -0.3 is 5.32 Å². The molecule has 1 aliphatic rings. The van der Waals surface area contributed by atoms with E-state index >= 15 is 0 Å². The van der Waals surface area contributed by atoms with Crippen LogP contribution in [0.3, 0.4) is 0 Å². The summed E-state index contributed by atoms with van der Waals surface area (Å²) in [5.41, 5.74) is 4.47. The van der Waals surface area contributed by atoms with E-state index in [1.807, 2.05) is 54.6 Å². The lowest BCUT2D eigenvalue weighted by molar-refractivity contribution is -0.111. The number of carbonyl (C=O) groups excluding carboxylic acids is 1. The Morgan fingerprint density at radius 2 is 1.91 bits per heavy atom. The van der Waals surface area contributed by atoms with Crippen molar-refractivity contribution in [3.8, 4) is 10.6 Å². The minimum Gasteiger partial charge on any atom is -0.313 e. The third kappa shape index (κ3) is 4.64. The third-order valence-corrected chi connectivity index (χ3v) is 7.74. The molecule has 32 heavy (non-hydrogen) atoms. The molecule has 7 heteroatoms. The Labute approximate surface area is 202 Å². The molecule has 0 fully saturated rings. The minimum atomic E-state index is -0.114. The number of hydrogen-bond acceptors (Lipinski definition) is 5. The average molecular weight is 482 g/mol. The highest BCUT2D eigenvalue weighted by Gasteiger charge is 2.27. The molecule has 0 spiro atoms. The number of halogens is 1. The molecule has 1 N–H and O–H groups in total. The lowest BCUT2D eigenvalue weighted by atomic mass is 10.0. The van der Waals surface area contributed by atoms with Crippen molar-refractivity contribution in [1.29, 1.82) is 0 Å². The molecule has 4 aromatic rings. The molecule has 0 bridgehead atoms. The van der Waals surface area contributed by atoms with Crippen LogP contribution in [-0.4, -0.2) is 28.9 Å². The number of thiophene rings is 1. The molecule has 4 nitrogen and oxygen atoms in total. The Kier molecular flexibility index (Phi) is 7.06. The molecular formula is C25H24ClN3OS2. The van der Waals surface area contributed by atoms with Crippen LogP contribution in [-0.2, 0) is 17.8 Å². The van der Waals surface area contributed by atoms with Gasteiger partial charge in [0.2, 0.25) is 5.91 Å². The van der Waals surface area contributed by atoms with Gasteiger partial charge in [0.05, 0.1) is 10.2 Å². The third-order valence-electron chi connectivity index (χ3n) is 5.55. The normalized spacial score (nSPS) is 13.8. The second kappa shape index (κ2) is 9.96. The summed E-state index contributed by atoms with van der Waals surface area (Å²) >= 11 is 3.39. The number of anilines is 1. The maximum absolute atomic E-state index is 12.8. The predicted molar refractivity (Wildman–Crippen MR) is 139 cm³/mol. The highest BCUT2D eigenvalue weighted by molar-refractivity contribution is 7.22. The Morgan fingerprint density at radius 1 is 1.12 bits per heavy atom. The summed E-state index contributed by atoms with van der Waals surface area (Å²) in [6, 6.07) is 18.1. The molecule has 164 valence electrons. The number of fused-ring (bicyclic) bond motifs is 2. The van der Waals surface area contributed by atoms with Gasteiger partial charge in [-0.3, -0.25) is 9.69 Å². The zero-order valence-corrected chi connectivity index (χ0v) is 20.2. The van der Waals surface area contributed by atoms with Crippen molar-refractivity contribution in [3.63, 3.8) is 0 Å². The van der Waals surface area contributed by atoms with Crippen LogP contribution in [0.5, 0.6) is 0 Å². The number of hydrogen-bond donors (Lipinski definition) is 1. The molecule has 0 saturated carbocycles. The van der Waals surface area contributed by atoms with Crippen LogP contribution in [0.25, 0.3) is 26.9 Å². The predicted octanol–water partition coefficient (Wildman–Crippen LogP) is 6.48. The van der Waals surface area contributed by atoms with Crippen molar-refractivity contribution in [3.05, 3.63) is 76.7 Å². The van der Waals surface area contributed by atoms with Crippen LogP contribution in [0.15, 0.2) is 60.7 Å². The number of amides is 1. The fourth-order valence-corrected chi connectivity index (χ4v) is 6.31. The molecule has 0 atom stereocenters. The van der Waals surface area contributed by atoms with Crippen LogP contribution in [0.2, 0.25) is 0 Å². The molecule has 2 aromatic heterocycles. The Balaban J connectivity index is 0.00000245. The van der Waals surface area contributed by atoms with Gasteiger partial charge in [0.1, 0.15) is 10.0 Å². The first-order chi connectivity index (χ1) is 15.2. The summed E-state index contributed by atoms with van der Waals surface area (Å²) in [4.78, 5) is 21.4. The van der Waals surface area contributed by atoms with E-state index < -0.39 is 0 Å². The quantitative estimate of drug-likeness (QED) is 0.332. The number of rotatable bonds is 5. The number of likely N-dealkylation sites (N-methyl/N-ethyl adjacent to an activating group) is 1. The van der Waals surface area contributed by atoms with Crippen LogP contribution in [0.4, 0.5) is 5.00 Å². The molecule has 0 radical (unpaired) electrons. The SMILES string of the molecule is CCN1CCc2c(sc(NC(=O)/C=C\c3ccccc3)c2-c2nc3ccccc3s2)C1.Cl. The topological polar surface area (TPSA) is 45.2 Å². The number of nitrogens with one attached hydrogen (secondary N) is 1. The van der Waals surface area contributed by atoms with E-state index in [0.717, 1.165) is 52.7 Å². The van der Waals surface area contributed by atoms with Crippen LogP contribution < -0.4 is 5.32 Å². The number of nitrogens with zero attached hydrogens (tertiary/aromatic N) is 2. The lowest BCUT2D eigenvalue weighted by Gasteiger charge is -2.25. The van der Waals surface area contributed by atoms with Crippen LogP contribution >= 0.6 is 35.1 Å². The Morgan fingerprint density at radius 3 is 2.69 bits per heavy atom. The summed E-state index contributed by atoms with van der Waals surface area (Å²) in [6.45, 7) is 5.21. The van der Waals surface area contributed by atoms with E-state index in [-0.39, 0.29) is 18.3 Å². The van der Waals surface area contributed by atoms with Crippen molar-refractivity contribution < 1.29 is 4.79 Å². The summed E-state index contributed by atoms with van der Waals surface area (Å²) in [6.07, 6.45) is 4.44. The number of thiazole rings is 1. The van der Waals surface area contributed by atoms with Crippen molar-refractivity contribution in [2.45, 2.75) is 19.9 Å². The second-order valence-electron chi connectivity index (χ2n) is 7.55. The van der Waals surface area contributed by atoms with Crippen molar-refractivity contribution in [2.75, 3.05) is 18.4 Å². The van der Waals surface area contributed by atoms with Gasteiger partial charge in [0.25, 0.3) is 0 Å². The van der Waals surface area contributed by atoms with Crippen LogP contribution in [0.1, 0.15) is 22.9 Å². The molecule has 2 aromatic carbocycles. The first-order valence-corrected chi connectivity index (χ1v) is 12.1. The number of benzene rings is 2. The standard InChI is InChI=1S/C25H23N3OS2.ClH/c1-2-28-15-14-18-21(16-28)31-25(27-22(29)13-12-17-8-4-3-5-9-17)23(18)24-26-19-10-6-7-11-20(19)30-24;/h3-13H,2,14-16H2,1H3,(H,27,29);1H/b13-12-;. The largest absolute Gasteiger partial charge is 0.313 e. The van der Waals surface area contributed by atoms with Gasteiger partial charge in [-0.15, -0.1) is 35.1 Å². The van der Waals surface area contributed by atoms with Crippen molar-refractivity contribution >= 4 is 62.3 Å². The van der Waals surface area contributed by atoms with Crippen molar-refractivity contribution in [2.24, 2.45) is 0 Å². The van der Waals surface area contributed by atoms with Gasteiger partial charge in [0.15, 0.2) is 0 Å². The smallest absolute Gasteiger partial charge is 0.249 e. The summed E-state index contributed by atoms with van der Waals surface area (Å²) in [7, 11) is 0. The highest BCUT2D eigenvalue weighted by Crippen LogP contribution is 2.45. The van der Waals surface area contributed by atoms with Gasteiger partial charge >= 0.3 is 0 Å². The summed E-state index contributed by atoms with van der Waals surface area (Å²) in [5.74, 6) is -0.114. The number of para-hydroxylation sites is 1. The minimum absolute atomic E-state index is 0. The van der Waals surface area contributed by atoms with Gasteiger partial charge in [-0.05, 0) is 42.3 Å². The first-order valence-electron chi connectivity index (χ1n) is 10.5. The van der Waals surface area contributed by atoms with E-state index in [0.29, 0.717) is 0 Å². The maximum Gasteiger partial charge on any atom is 0.249 e. The monoisotopic (exact) mass is 481 g/mol. The summed E-state index contributed by atoms with van der Waals surface area (Å²) in [5, 5.41) is 5.05. The zero-order chi connectivity index (χ0) is 21.2. The molecule has 3 heterocycles. The summed E-state index contributed by atoms with van der Waals surface area (Å²) < 4.78 is 1.17. The molecule has 1 amide bonds. The maximum atomic E-state index is 12.8. The van der Waals surface area contributed by atoms with Gasteiger partial charge in [-0.2, -0.15) is 0 Å². The zero-order valence-electron chi connectivity index (χ0n) is 17.7. The van der Waals surface area contributed by atoms with Gasteiger partial charge in [-0.25, -0.2) is 4.98 Å². The van der Waals surface area contributed by atoms with Gasteiger partial charge in [0, 0.05) is 29.6 Å². The van der Waals surface area contributed by atoms with E-state index in [1.54, 1.807) is 28.7 Å². The van der Waals surface area contributed by atoms with Crippen LogP contribution in [0, 0.1) is 0 Å².